The minimum absolute atomic E-state index is 0.00988. The first-order valence-electron chi connectivity index (χ1n) is 20.9. The van der Waals surface area contributed by atoms with Crippen LogP contribution in [0.2, 0.25) is 0 Å². The summed E-state index contributed by atoms with van der Waals surface area (Å²) in [5.74, 6) is 3.13. The fraction of sp³-hybridized carbons (Fsp3) is 0.333. The van der Waals surface area contributed by atoms with E-state index in [0.29, 0.717) is 0 Å². The SMILES string of the molecule is CC.CC.CC.CC.CC(C)(c1ccccc1)c1cccc(C(C)(C)c2ccccc2)c1.CO.CO.CO.CO.c1ccc(Oc2cccc(Oc3ccccc3)c2)cc1. The number of aliphatic hydroxyl groups is 4. The molecule has 332 valence electrons. The van der Waals surface area contributed by atoms with Crippen molar-refractivity contribution in [3.05, 3.63) is 192 Å². The number of ether oxygens (including phenoxy) is 2. The smallest absolute Gasteiger partial charge is 0.131 e. The zero-order chi connectivity index (χ0) is 46.8. The minimum atomic E-state index is -0.00988. The van der Waals surface area contributed by atoms with Crippen molar-refractivity contribution >= 4 is 0 Å². The fourth-order valence-corrected chi connectivity index (χ4v) is 5.19. The number of hydrogen-bond donors (Lipinski definition) is 4. The fourth-order valence-electron chi connectivity index (χ4n) is 5.19. The Kier molecular flexibility index (Phi) is 41.5. The van der Waals surface area contributed by atoms with Gasteiger partial charge in [-0.3, -0.25) is 0 Å². The lowest BCUT2D eigenvalue weighted by Crippen LogP contribution is -2.22. The Bertz CT molecular complexity index is 1620. The van der Waals surface area contributed by atoms with Crippen molar-refractivity contribution in [2.24, 2.45) is 0 Å². The van der Waals surface area contributed by atoms with E-state index >= 15 is 0 Å². The summed E-state index contributed by atoms with van der Waals surface area (Å²) in [7, 11) is 4.00. The second-order valence-electron chi connectivity index (χ2n) is 11.9. The molecule has 0 saturated heterocycles. The molecule has 6 heteroatoms. The number of para-hydroxylation sites is 2. The van der Waals surface area contributed by atoms with E-state index in [4.69, 9.17) is 29.9 Å². The monoisotopic (exact) mass is 825 g/mol. The maximum Gasteiger partial charge on any atom is 0.131 e. The van der Waals surface area contributed by atoms with Crippen molar-refractivity contribution in [1.29, 1.82) is 0 Å². The average Bonchev–Trinajstić information content (AvgIpc) is 3.36. The van der Waals surface area contributed by atoms with Gasteiger partial charge in [-0.1, -0.05) is 210 Å². The molecule has 6 rings (SSSR count). The van der Waals surface area contributed by atoms with Gasteiger partial charge in [-0.2, -0.15) is 0 Å². The van der Waals surface area contributed by atoms with Gasteiger partial charge in [-0.05, 0) is 58.7 Å². The van der Waals surface area contributed by atoms with Gasteiger partial charge in [0, 0.05) is 45.3 Å². The summed E-state index contributed by atoms with van der Waals surface area (Å²) >= 11 is 0. The zero-order valence-electron chi connectivity index (χ0n) is 39.8. The highest BCUT2D eigenvalue weighted by Crippen LogP contribution is 2.36. The van der Waals surface area contributed by atoms with Crippen LogP contribution in [-0.4, -0.2) is 48.9 Å². The van der Waals surface area contributed by atoms with Crippen LogP contribution in [0.4, 0.5) is 0 Å². The van der Waals surface area contributed by atoms with Gasteiger partial charge in [0.25, 0.3) is 0 Å². The zero-order valence-corrected chi connectivity index (χ0v) is 39.8. The van der Waals surface area contributed by atoms with Crippen molar-refractivity contribution in [3.63, 3.8) is 0 Å². The lowest BCUT2D eigenvalue weighted by molar-refractivity contribution is 0.399. The van der Waals surface area contributed by atoms with E-state index in [2.05, 4.69) is 113 Å². The Balaban J connectivity index is -0.000000395. The van der Waals surface area contributed by atoms with Gasteiger partial charge >= 0.3 is 0 Å². The van der Waals surface area contributed by atoms with E-state index in [1.54, 1.807) is 0 Å². The predicted octanol–water partition coefficient (Wildman–Crippen LogP) is 14.1. The minimum Gasteiger partial charge on any atom is -0.457 e. The van der Waals surface area contributed by atoms with Crippen molar-refractivity contribution in [2.75, 3.05) is 28.4 Å². The molecule has 0 unspecified atom stereocenters. The maximum absolute atomic E-state index is 7.00. The third kappa shape index (κ3) is 22.8. The van der Waals surface area contributed by atoms with Crippen LogP contribution in [0.15, 0.2) is 170 Å². The summed E-state index contributed by atoms with van der Waals surface area (Å²) < 4.78 is 11.6. The number of rotatable bonds is 8. The van der Waals surface area contributed by atoms with Gasteiger partial charge in [0.1, 0.15) is 23.0 Å². The largest absolute Gasteiger partial charge is 0.457 e. The third-order valence-electron chi connectivity index (χ3n) is 8.06. The molecule has 0 atom stereocenters. The molecule has 0 saturated carbocycles. The van der Waals surface area contributed by atoms with E-state index in [1.807, 2.05) is 140 Å². The number of benzene rings is 6. The molecule has 6 nitrogen and oxygen atoms in total. The summed E-state index contributed by atoms with van der Waals surface area (Å²) in [5.41, 5.74) is 5.39. The predicted molar refractivity (Wildman–Crippen MR) is 261 cm³/mol. The highest BCUT2D eigenvalue weighted by Gasteiger charge is 2.27. The molecule has 0 aliphatic rings. The second kappa shape index (κ2) is 40.5. The molecular weight excluding hydrogens is 745 g/mol. The molecule has 0 amide bonds. The van der Waals surface area contributed by atoms with Gasteiger partial charge in [0.05, 0.1) is 0 Å². The normalized spacial score (nSPS) is 9.00. The van der Waals surface area contributed by atoms with Crippen LogP contribution in [0.5, 0.6) is 23.0 Å². The summed E-state index contributed by atoms with van der Waals surface area (Å²) in [6.45, 7) is 25.2. The van der Waals surface area contributed by atoms with Crippen LogP contribution in [-0.2, 0) is 10.8 Å². The Hall–Kier alpha value is -5.24. The Morgan fingerprint density at radius 3 is 0.767 bits per heavy atom. The van der Waals surface area contributed by atoms with Gasteiger partial charge in [-0.15, -0.1) is 0 Å². The molecule has 0 spiro atoms. The van der Waals surface area contributed by atoms with Crippen LogP contribution < -0.4 is 9.47 Å². The first kappa shape index (κ1) is 61.4. The van der Waals surface area contributed by atoms with Crippen molar-refractivity contribution in [2.45, 2.75) is 93.9 Å². The Labute approximate surface area is 366 Å². The highest BCUT2D eigenvalue weighted by atomic mass is 16.5. The topological polar surface area (TPSA) is 99.4 Å². The number of aliphatic hydroxyl groups excluding tert-OH is 4. The summed E-state index contributed by atoms with van der Waals surface area (Å²) in [5, 5.41) is 28.0. The number of hydrogen-bond acceptors (Lipinski definition) is 6. The Morgan fingerprint density at radius 1 is 0.267 bits per heavy atom. The van der Waals surface area contributed by atoms with Crippen LogP contribution in [0.25, 0.3) is 0 Å². The average molecular weight is 825 g/mol. The molecule has 6 aromatic rings. The van der Waals surface area contributed by atoms with Crippen molar-refractivity contribution < 1.29 is 29.9 Å². The third-order valence-corrected chi connectivity index (χ3v) is 8.06. The maximum atomic E-state index is 7.00. The van der Waals surface area contributed by atoms with Gasteiger partial charge in [0.15, 0.2) is 0 Å². The lowest BCUT2D eigenvalue weighted by Gasteiger charge is -2.30. The van der Waals surface area contributed by atoms with E-state index in [1.165, 1.54) is 22.3 Å². The van der Waals surface area contributed by atoms with Crippen LogP contribution in [0, 0.1) is 0 Å². The van der Waals surface area contributed by atoms with E-state index in [-0.39, 0.29) is 10.8 Å². The summed E-state index contributed by atoms with van der Waals surface area (Å²) in [6.07, 6.45) is 0. The molecule has 60 heavy (non-hydrogen) atoms. The van der Waals surface area contributed by atoms with E-state index in [0.717, 1.165) is 51.4 Å². The first-order chi connectivity index (χ1) is 29.3. The first-order valence-corrected chi connectivity index (χ1v) is 20.9. The highest BCUT2D eigenvalue weighted by molar-refractivity contribution is 5.44. The molecule has 4 N–H and O–H groups in total. The van der Waals surface area contributed by atoms with Crippen molar-refractivity contribution in [1.82, 2.24) is 0 Å². The quantitative estimate of drug-likeness (QED) is 0.122. The summed E-state index contributed by atoms with van der Waals surface area (Å²) in [4.78, 5) is 0. The van der Waals surface area contributed by atoms with Gasteiger partial charge in [-0.25, -0.2) is 0 Å². The summed E-state index contributed by atoms with van der Waals surface area (Å²) in [6, 6.07) is 57.6. The molecule has 0 bridgehead atoms. The van der Waals surface area contributed by atoms with Crippen LogP contribution in [0.3, 0.4) is 0 Å². The van der Waals surface area contributed by atoms with E-state index in [9.17, 15) is 0 Å². The molecule has 0 aliphatic heterocycles. The van der Waals surface area contributed by atoms with Crippen LogP contribution in [0.1, 0.15) is 105 Å². The molecule has 0 aliphatic carbocycles. The van der Waals surface area contributed by atoms with Crippen LogP contribution >= 0.6 is 0 Å². The molecular formula is C54H80O6. The molecule has 6 aromatic carbocycles. The molecule has 0 radical (unpaired) electrons. The standard InChI is InChI=1S/C24H26.C18H14O2.4C2H6.4CH4O/c1-23(2,19-12-7-5-8-13-19)21-16-11-17-22(18-21)24(3,4)20-14-9-6-10-15-20;1-3-8-15(9-4-1)19-17-12-7-13-18(14-17)20-16-10-5-2-6-11-16;8*1-2/h5-18H,1-4H3;1-14H;4*1-2H3;4*2H,1H3. The van der Waals surface area contributed by atoms with E-state index < -0.39 is 0 Å². The Morgan fingerprint density at radius 2 is 0.483 bits per heavy atom. The molecule has 0 heterocycles. The lowest BCUT2D eigenvalue weighted by atomic mass is 9.73. The molecule has 0 fully saturated rings. The van der Waals surface area contributed by atoms with Crippen molar-refractivity contribution in [3.8, 4) is 23.0 Å². The van der Waals surface area contributed by atoms with Gasteiger partial charge < -0.3 is 29.9 Å². The second-order valence-corrected chi connectivity index (χ2v) is 11.9. The molecule has 0 aromatic heterocycles. The van der Waals surface area contributed by atoms with Gasteiger partial charge in [0.2, 0.25) is 0 Å².